The number of aromatic nitrogens is 1. The van der Waals surface area contributed by atoms with E-state index in [2.05, 4.69) is 27.5 Å². The first-order valence-corrected chi connectivity index (χ1v) is 9.50. The highest BCUT2D eigenvalue weighted by molar-refractivity contribution is 5.79. The molecule has 1 heterocycles. The van der Waals surface area contributed by atoms with Gasteiger partial charge in [0.05, 0.1) is 20.3 Å². The number of pyridine rings is 1. The molecule has 0 unspecified atom stereocenters. The van der Waals surface area contributed by atoms with Gasteiger partial charge in [-0.1, -0.05) is 18.2 Å². The second-order valence-corrected chi connectivity index (χ2v) is 6.62. The van der Waals surface area contributed by atoms with Crippen molar-refractivity contribution in [2.45, 2.75) is 32.9 Å². The van der Waals surface area contributed by atoms with Crippen molar-refractivity contribution in [3.63, 3.8) is 0 Å². The molecule has 0 atom stereocenters. The number of hydrogen-bond donors (Lipinski definition) is 2. The summed E-state index contributed by atoms with van der Waals surface area (Å²) in [6.07, 6.45) is 4.32. The zero-order valence-electron chi connectivity index (χ0n) is 16.1. The Kier molecular flexibility index (Phi) is 6.90. The number of aliphatic imine (C=N–C) groups is 1. The van der Waals surface area contributed by atoms with Crippen LogP contribution in [0.2, 0.25) is 0 Å². The van der Waals surface area contributed by atoms with Crippen molar-refractivity contribution in [1.29, 1.82) is 0 Å². The number of benzene rings is 1. The molecule has 2 aromatic rings. The second-order valence-electron chi connectivity index (χ2n) is 6.62. The zero-order chi connectivity index (χ0) is 18.9. The molecule has 0 spiro atoms. The van der Waals surface area contributed by atoms with Crippen LogP contribution in [0.5, 0.6) is 11.6 Å². The normalized spacial score (nSPS) is 13.9. The number of guanidine groups is 1. The number of rotatable bonds is 9. The van der Waals surface area contributed by atoms with Gasteiger partial charge in [-0.3, -0.25) is 0 Å². The predicted octanol–water partition coefficient (Wildman–Crippen LogP) is 3.13. The molecule has 0 radical (unpaired) electrons. The third-order valence-corrected chi connectivity index (χ3v) is 4.37. The highest BCUT2D eigenvalue weighted by Gasteiger charge is 2.22. The van der Waals surface area contributed by atoms with Gasteiger partial charge in [-0.05, 0) is 43.4 Å². The monoisotopic (exact) mass is 368 g/mol. The molecule has 0 saturated heterocycles. The van der Waals surface area contributed by atoms with E-state index < -0.39 is 0 Å². The Labute approximate surface area is 161 Å². The lowest BCUT2D eigenvalue weighted by atomic mass is 10.2. The predicted molar refractivity (Wildman–Crippen MR) is 107 cm³/mol. The first kappa shape index (κ1) is 19.0. The van der Waals surface area contributed by atoms with E-state index in [4.69, 9.17) is 9.47 Å². The molecule has 1 saturated carbocycles. The lowest BCUT2D eigenvalue weighted by molar-refractivity contribution is 0.288. The van der Waals surface area contributed by atoms with Gasteiger partial charge < -0.3 is 20.1 Å². The van der Waals surface area contributed by atoms with Crippen LogP contribution in [0.4, 0.5) is 0 Å². The molecular weight excluding hydrogens is 340 g/mol. The Morgan fingerprint density at radius 1 is 1.22 bits per heavy atom. The zero-order valence-corrected chi connectivity index (χ0v) is 16.1. The summed E-state index contributed by atoms with van der Waals surface area (Å²) in [5.41, 5.74) is 2.16. The van der Waals surface area contributed by atoms with Gasteiger partial charge in [-0.2, -0.15) is 0 Å². The molecule has 144 valence electrons. The van der Waals surface area contributed by atoms with Crippen LogP contribution < -0.4 is 20.1 Å². The minimum absolute atomic E-state index is 0.559. The standard InChI is InChI=1S/C21H28N4O2/c1-3-22-21(25-14-18-6-4-5-7-19(18)26-2)24-13-17-10-11-23-20(12-17)27-15-16-8-9-16/h4-7,10-12,16H,3,8-9,13-15H2,1-2H3,(H2,22,24,25). The van der Waals surface area contributed by atoms with Gasteiger partial charge in [0.25, 0.3) is 0 Å². The van der Waals surface area contributed by atoms with Gasteiger partial charge in [-0.25, -0.2) is 9.98 Å². The fourth-order valence-corrected chi connectivity index (χ4v) is 2.66. The molecule has 2 N–H and O–H groups in total. The first-order valence-electron chi connectivity index (χ1n) is 9.50. The lowest BCUT2D eigenvalue weighted by Crippen LogP contribution is -2.36. The topological polar surface area (TPSA) is 67.8 Å². The molecule has 27 heavy (non-hydrogen) atoms. The molecule has 3 rings (SSSR count). The Balaban J connectivity index is 1.58. The minimum atomic E-state index is 0.559. The maximum Gasteiger partial charge on any atom is 0.213 e. The van der Waals surface area contributed by atoms with Crippen LogP contribution in [0.1, 0.15) is 30.9 Å². The van der Waals surface area contributed by atoms with Crippen LogP contribution >= 0.6 is 0 Å². The average molecular weight is 368 g/mol. The molecule has 0 aliphatic heterocycles. The molecular formula is C21H28N4O2. The Hall–Kier alpha value is -2.76. The second kappa shape index (κ2) is 9.80. The van der Waals surface area contributed by atoms with Crippen molar-refractivity contribution in [3.05, 3.63) is 53.7 Å². The number of nitrogens with zero attached hydrogens (tertiary/aromatic N) is 2. The number of methoxy groups -OCH3 is 1. The van der Waals surface area contributed by atoms with Crippen molar-refractivity contribution in [2.24, 2.45) is 10.9 Å². The van der Waals surface area contributed by atoms with E-state index >= 15 is 0 Å². The van der Waals surface area contributed by atoms with Gasteiger partial charge >= 0.3 is 0 Å². The van der Waals surface area contributed by atoms with E-state index in [1.807, 2.05) is 36.4 Å². The number of hydrogen-bond acceptors (Lipinski definition) is 4. The molecule has 1 aliphatic rings. The Morgan fingerprint density at radius 2 is 2.07 bits per heavy atom. The number of para-hydroxylation sites is 1. The van der Waals surface area contributed by atoms with Crippen molar-refractivity contribution in [2.75, 3.05) is 20.3 Å². The fourth-order valence-electron chi connectivity index (χ4n) is 2.66. The molecule has 1 aliphatic carbocycles. The Morgan fingerprint density at radius 3 is 2.85 bits per heavy atom. The first-order chi connectivity index (χ1) is 13.3. The summed E-state index contributed by atoms with van der Waals surface area (Å²) < 4.78 is 11.2. The van der Waals surface area contributed by atoms with E-state index in [0.717, 1.165) is 36.0 Å². The van der Waals surface area contributed by atoms with Crippen LogP contribution in [-0.2, 0) is 13.1 Å². The van der Waals surface area contributed by atoms with Gasteiger partial charge in [0.15, 0.2) is 5.96 Å². The van der Waals surface area contributed by atoms with E-state index in [9.17, 15) is 0 Å². The maximum atomic E-state index is 5.75. The summed E-state index contributed by atoms with van der Waals surface area (Å²) in [5, 5.41) is 6.63. The molecule has 0 bridgehead atoms. The summed E-state index contributed by atoms with van der Waals surface area (Å²) >= 11 is 0. The number of nitrogens with one attached hydrogen (secondary N) is 2. The van der Waals surface area contributed by atoms with E-state index in [1.54, 1.807) is 13.3 Å². The summed E-state index contributed by atoms with van der Waals surface area (Å²) in [7, 11) is 1.68. The van der Waals surface area contributed by atoms with Crippen molar-refractivity contribution < 1.29 is 9.47 Å². The average Bonchev–Trinajstić information content (AvgIpc) is 3.53. The van der Waals surface area contributed by atoms with Gasteiger partial charge in [0, 0.05) is 30.9 Å². The van der Waals surface area contributed by atoms with Crippen LogP contribution in [-0.4, -0.2) is 31.2 Å². The summed E-state index contributed by atoms with van der Waals surface area (Å²) in [5.74, 6) is 3.03. The van der Waals surface area contributed by atoms with Crippen molar-refractivity contribution in [1.82, 2.24) is 15.6 Å². The molecule has 1 aromatic heterocycles. The largest absolute Gasteiger partial charge is 0.496 e. The van der Waals surface area contributed by atoms with Crippen LogP contribution in [0.25, 0.3) is 0 Å². The van der Waals surface area contributed by atoms with E-state index in [0.29, 0.717) is 24.9 Å². The van der Waals surface area contributed by atoms with Gasteiger partial charge in [-0.15, -0.1) is 0 Å². The van der Waals surface area contributed by atoms with Crippen LogP contribution in [0.15, 0.2) is 47.6 Å². The molecule has 1 fully saturated rings. The SMILES string of the molecule is CCNC(=NCc1ccnc(OCC2CC2)c1)NCc1ccccc1OC. The van der Waals surface area contributed by atoms with Crippen LogP contribution in [0, 0.1) is 5.92 Å². The highest BCUT2D eigenvalue weighted by atomic mass is 16.5. The molecule has 6 nitrogen and oxygen atoms in total. The molecule has 1 aromatic carbocycles. The van der Waals surface area contributed by atoms with Gasteiger partial charge in [0.1, 0.15) is 5.75 Å². The summed E-state index contributed by atoms with van der Waals surface area (Å²) in [4.78, 5) is 8.96. The Bertz CT molecular complexity index is 759. The maximum absolute atomic E-state index is 5.75. The van der Waals surface area contributed by atoms with Crippen LogP contribution in [0.3, 0.4) is 0 Å². The van der Waals surface area contributed by atoms with Crippen molar-refractivity contribution in [3.8, 4) is 11.6 Å². The highest BCUT2D eigenvalue weighted by Crippen LogP contribution is 2.29. The van der Waals surface area contributed by atoms with Crippen molar-refractivity contribution >= 4 is 5.96 Å². The minimum Gasteiger partial charge on any atom is -0.496 e. The lowest BCUT2D eigenvalue weighted by Gasteiger charge is -2.13. The van der Waals surface area contributed by atoms with E-state index in [1.165, 1.54) is 12.8 Å². The summed E-state index contributed by atoms with van der Waals surface area (Å²) in [6.45, 7) is 4.81. The number of ether oxygens (including phenoxy) is 2. The third-order valence-electron chi connectivity index (χ3n) is 4.37. The molecule has 0 amide bonds. The van der Waals surface area contributed by atoms with E-state index in [-0.39, 0.29) is 0 Å². The quantitative estimate of drug-likeness (QED) is 0.526. The fraction of sp³-hybridized carbons (Fsp3) is 0.429. The van der Waals surface area contributed by atoms with Gasteiger partial charge in [0.2, 0.25) is 5.88 Å². The summed E-state index contributed by atoms with van der Waals surface area (Å²) in [6, 6.07) is 11.9. The molecule has 6 heteroatoms. The smallest absolute Gasteiger partial charge is 0.213 e. The third kappa shape index (κ3) is 6.16.